The highest BCUT2D eigenvalue weighted by molar-refractivity contribution is 5.85. The SMILES string of the molecule is Cc1ccc2c(c1)OCCC2N.Cl. The standard InChI is InChI=1S/C10H13NO.ClH/c1-7-2-3-8-9(11)4-5-12-10(8)6-7;/h2-3,6,9H,4-5,11H2,1H3;1H. The zero-order chi connectivity index (χ0) is 8.55. The van der Waals surface area contributed by atoms with E-state index < -0.39 is 0 Å². The van der Waals surface area contributed by atoms with Crippen LogP contribution < -0.4 is 10.5 Å². The molecular weight excluding hydrogens is 186 g/mol. The first-order valence-electron chi connectivity index (χ1n) is 4.26. The number of aryl methyl sites for hydroxylation is 1. The largest absolute Gasteiger partial charge is 0.493 e. The Morgan fingerprint density at radius 2 is 2.23 bits per heavy atom. The first-order chi connectivity index (χ1) is 5.77. The van der Waals surface area contributed by atoms with Crippen molar-refractivity contribution in [3.05, 3.63) is 29.3 Å². The second-order valence-corrected chi connectivity index (χ2v) is 3.28. The van der Waals surface area contributed by atoms with Crippen LogP contribution in [0.4, 0.5) is 0 Å². The van der Waals surface area contributed by atoms with Gasteiger partial charge in [-0.15, -0.1) is 12.4 Å². The first kappa shape index (κ1) is 10.4. The number of fused-ring (bicyclic) bond motifs is 1. The Labute approximate surface area is 84.5 Å². The Morgan fingerprint density at radius 3 is 3.00 bits per heavy atom. The fourth-order valence-electron chi connectivity index (χ4n) is 1.52. The minimum Gasteiger partial charge on any atom is -0.493 e. The Kier molecular flexibility index (Phi) is 3.17. The lowest BCUT2D eigenvalue weighted by Crippen LogP contribution is -2.20. The average Bonchev–Trinajstić information content (AvgIpc) is 2.04. The highest BCUT2D eigenvalue weighted by Gasteiger charge is 2.16. The van der Waals surface area contributed by atoms with Gasteiger partial charge >= 0.3 is 0 Å². The molecule has 0 saturated carbocycles. The molecule has 1 aliphatic rings. The molecule has 1 atom stereocenters. The zero-order valence-corrected chi connectivity index (χ0v) is 8.43. The van der Waals surface area contributed by atoms with Crippen molar-refractivity contribution in [1.82, 2.24) is 0 Å². The van der Waals surface area contributed by atoms with Crippen LogP contribution in [0.2, 0.25) is 0 Å². The summed E-state index contributed by atoms with van der Waals surface area (Å²) in [5.74, 6) is 0.966. The van der Waals surface area contributed by atoms with Crippen molar-refractivity contribution in [1.29, 1.82) is 0 Å². The Hall–Kier alpha value is -0.730. The van der Waals surface area contributed by atoms with Gasteiger partial charge in [0.05, 0.1) is 6.61 Å². The third-order valence-corrected chi connectivity index (χ3v) is 2.25. The summed E-state index contributed by atoms with van der Waals surface area (Å²) in [6.45, 7) is 2.81. The molecule has 3 heteroatoms. The van der Waals surface area contributed by atoms with E-state index in [0.29, 0.717) is 0 Å². The molecule has 1 heterocycles. The lowest BCUT2D eigenvalue weighted by molar-refractivity contribution is 0.269. The third-order valence-electron chi connectivity index (χ3n) is 2.25. The van der Waals surface area contributed by atoms with E-state index in [4.69, 9.17) is 10.5 Å². The van der Waals surface area contributed by atoms with Crippen LogP contribution in [-0.2, 0) is 0 Å². The van der Waals surface area contributed by atoms with Gasteiger partial charge in [-0.05, 0) is 18.6 Å². The summed E-state index contributed by atoms with van der Waals surface area (Å²) in [5.41, 5.74) is 8.29. The highest BCUT2D eigenvalue weighted by Crippen LogP contribution is 2.30. The van der Waals surface area contributed by atoms with E-state index in [1.54, 1.807) is 0 Å². The van der Waals surface area contributed by atoms with Crippen LogP contribution in [0.1, 0.15) is 23.6 Å². The molecule has 0 amide bonds. The van der Waals surface area contributed by atoms with Gasteiger partial charge in [-0.2, -0.15) is 0 Å². The topological polar surface area (TPSA) is 35.2 Å². The second-order valence-electron chi connectivity index (χ2n) is 3.28. The fourth-order valence-corrected chi connectivity index (χ4v) is 1.52. The van der Waals surface area contributed by atoms with Gasteiger partial charge in [0.2, 0.25) is 0 Å². The molecule has 1 aliphatic heterocycles. The van der Waals surface area contributed by atoms with E-state index >= 15 is 0 Å². The van der Waals surface area contributed by atoms with Crippen molar-refractivity contribution >= 4 is 12.4 Å². The monoisotopic (exact) mass is 199 g/mol. The number of ether oxygens (including phenoxy) is 1. The molecule has 0 saturated heterocycles. The Bertz CT molecular complexity index is 301. The quantitative estimate of drug-likeness (QED) is 0.696. The molecule has 0 radical (unpaired) electrons. The lowest BCUT2D eigenvalue weighted by Gasteiger charge is -2.22. The number of benzene rings is 1. The van der Waals surface area contributed by atoms with Crippen molar-refractivity contribution in [3.63, 3.8) is 0 Å². The van der Waals surface area contributed by atoms with Crippen LogP contribution in [0.25, 0.3) is 0 Å². The maximum Gasteiger partial charge on any atom is 0.124 e. The third kappa shape index (κ3) is 1.95. The fraction of sp³-hybridized carbons (Fsp3) is 0.400. The van der Waals surface area contributed by atoms with Crippen LogP contribution in [0, 0.1) is 6.92 Å². The van der Waals surface area contributed by atoms with Gasteiger partial charge < -0.3 is 10.5 Å². The molecular formula is C10H14ClNO. The summed E-state index contributed by atoms with van der Waals surface area (Å²) < 4.78 is 5.49. The molecule has 13 heavy (non-hydrogen) atoms. The van der Waals surface area contributed by atoms with E-state index in [1.165, 1.54) is 5.56 Å². The number of hydrogen-bond donors (Lipinski definition) is 1. The Morgan fingerprint density at radius 1 is 1.46 bits per heavy atom. The molecule has 1 aromatic rings. The Balaban J connectivity index is 0.000000845. The minimum absolute atomic E-state index is 0. The van der Waals surface area contributed by atoms with Gasteiger partial charge in [-0.1, -0.05) is 12.1 Å². The maximum atomic E-state index is 5.92. The summed E-state index contributed by atoms with van der Waals surface area (Å²) in [6, 6.07) is 6.35. The molecule has 0 fully saturated rings. The van der Waals surface area contributed by atoms with Crippen LogP contribution in [0.5, 0.6) is 5.75 Å². The number of halogens is 1. The molecule has 2 nitrogen and oxygen atoms in total. The molecule has 0 aliphatic carbocycles. The highest BCUT2D eigenvalue weighted by atomic mass is 35.5. The van der Waals surface area contributed by atoms with Crippen LogP contribution in [0.3, 0.4) is 0 Å². The van der Waals surface area contributed by atoms with Crippen molar-refractivity contribution in [2.24, 2.45) is 5.73 Å². The number of rotatable bonds is 0. The molecule has 1 unspecified atom stereocenters. The van der Waals surface area contributed by atoms with Gasteiger partial charge in [0.25, 0.3) is 0 Å². The van der Waals surface area contributed by atoms with Crippen LogP contribution >= 0.6 is 12.4 Å². The summed E-state index contributed by atoms with van der Waals surface area (Å²) in [7, 11) is 0. The van der Waals surface area contributed by atoms with Crippen molar-refractivity contribution in [2.45, 2.75) is 19.4 Å². The second kappa shape index (κ2) is 3.99. The lowest BCUT2D eigenvalue weighted by atomic mass is 10.0. The number of nitrogens with two attached hydrogens (primary N) is 1. The predicted molar refractivity (Wildman–Crippen MR) is 55.5 cm³/mol. The van der Waals surface area contributed by atoms with Gasteiger partial charge in [0.1, 0.15) is 5.75 Å². The maximum absolute atomic E-state index is 5.92. The van der Waals surface area contributed by atoms with Crippen LogP contribution in [-0.4, -0.2) is 6.61 Å². The van der Waals surface area contributed by atoms with Gasteiger partial charge in [-0.3, -0.25) is 0 Å². The molecule has 0 aromatic heterocycles. The molecule has 2 rings (SSSR count). The van der Waals surface area contributed by atoms with E-state index in [9.17, 15) is 0 Å². The van der Waals surface area contributed by atoms with E-state index in [-0.39, 0.29) is 18.4 Å². The van der Waals surface area contributed by atoms with Gasteiger partial charge in [0, 0.05) is 18.0 Å². The summed E-state index contributed by atoms with van der Waals surface area (Å²) in [4.78, 5) is 0. The number of hydrogen-bond acceptors (Lipinski definition) is 2. The normalized spacial score (nSPS) is 19.7. The van der Waals surface area contributed by atoms with Gasteiger partial charge in [-0.25, -0.2) is 0 Å². The minimum atomic E-state index is 0. The van der Waals surface area contributed by atoms with E-state index in [2.05, 4.69) is 19.1 Å². The predicted octanol–water partition coefficient (Wildman–Crippen LogP) is 2.20. The molecule has 0 bridgehead atoms. The average molecular weight is 200 g/mol. The van der Waals surface area contributed by atoms with E-state index in [0.717, 1.165) is 24.3 Å². The zero-order valence-electron chi connectivity index (χ0n) is 7.62. The smallest absolute Gasteiger partial charge is 0.124 e. The van der Waals surface area contributed by atoms with Gasteiger partial charge in [0.15, 0.2) is 0 Å². The summed E-state index contributed by atoms with van der Waals surface area (Å²) >= 11 is 0. The van der Waals surface area contributed by atoms with Crippen molar-refractivity contribution in [2.75, 3.05) is 6.61 Å². The molecule has 0 spiro atoms. The molecule has 2 N–H and O–H groups in total. The van der Waals surface area contributed by atoms with Crippen molar-refractivity contribution in [3.8, 4) is 5.75 Å². The van der Waals surface area contributed by atoms with Crippen LogP contribution in [0.15, 0.2) is 18.2 Å². The summed E-state index contributed by atoms with van der Waals surface area (Å²) in [5, 5.41) is 0. The van der Waals surface area contributed by atoms with Crippen molar-refractivity contribution < 1.29 is 4.74 Å². The summed E-state index contributed by atoms with van der Waals surface area (Å²) in [6.07, 6.45) is 0.927. The van der Waals surface area contributed by atoms with E-state index in [1.807, 2.05) is 6.07 Å². The first-order valence-corrected chi connectivity index (χ1v) is 4.26. The molecule has 1 aromatic carbocycles. The molecule has 72 valence electrons.